The fourth-order valence-corrected chi connectivity index (χ4v) is 6.12. The molecule has 1 aliphatic heterocycles. The van der Waals surface area contributed by atoms with Crippen LogP contribution in [0, 0.1) is 0 Å². The second-order valence-corrected chi connectivity index (χ2v) is 12.0. The van der Waals surface area contributed by atoms with Crippen molar-refractivity contribution in [2.24, 2.45) is 0 Å². The predicted molar refractivity (Wildman–Crippen MR) is 155 cm³/mol. The second-order valence-electron chi connectivity index (χ2n) is 8.75. The highest BCUT2D eigenvalue weighted by atomic mass is 35.5. The third-order valence-corrected chi connectivity index (χ3v) is 8.30. The first-order valence-electron chi connectivity index (χ1n) is 12.0. The fraction of sp³-hybridized carbons (Fsp3) is 0.259. The van der Waals surface area contributed by atoms with E-state index in [1.807, 2.05) is 12.1 Å². The Morgan fingerprint density at radius 2 is 1.90 bits per heavy atom. The van der Waals surface area contributed by atoms with E-state index in [0.717, 1.165) is 29.0 Å². The Balaban J connectivity index is 1.18. The van der Waals surface area contributed by atoms with Crippen LogP contribution in [0.4, 0.5) is 18.3 Å². The summed E-state index contributed by atoms with van der Waals surface area (Å²) in [7, 11) is 0. The maximum atomic E-state index is 12.9. The van der Waals surface area contributed by atoms with Gasteiger partial charge in [0.05, 0.1) is 10.5 Å². The number of thiazole rings is 1. The van der Waals surface area contributed by atoms with Gasteiger partial charge in [0.1, 0.15) is 4.32 Å². The highest BCUT2D eigenvalue weighted by molar-refractivity contribution is 8.26. The number of hydrogen-bond acceptors (Lipinski definition) is 6. The van der Waals surface area contributed by atoms with Gasteiger partial charge < -0.3 is 5.32 Å². The topological polar surface area (TPSA) is 62.3 Å². The van der Waals surface area contributed by atoms with Crippen LogP contribution in [-0.2, 0) is 22.2 Å². The zero-order chi connectivity index (χ0) is 28.0. The van der Waals surface area contributed by atoms with E-state index in [2.05, 4.69) is 10.3 Å². The molecule has 2 amide bonds. The number of nitrogens with one attached hydrogen (secondary N) is 1. The highest BCUT2D eigenvalue weighted by Crippen LogP contribution is 2.33. The lowest BCUT2D eigenvalue weighted by atomic mass is 10.1. The number of hydrogen-bond donors (Lipinski definition) is 1. The number of nitrogens with zero attached hydrogens (tertiary/aromatic N) is 2. The van der Waals surface area contributed by atoms with E-state index in [1.165, 1.54) is 29.2 Å². The molecule has 5 nitrogen and oxygen atoms in total. The molecule has 1 fully saturated rings. The first-order valence-corrected chi connectivity index (χ1v) is 14.4. The lowest BCUT2D eigenvalue weighted by Gasteiger charge is -2.14. The minimum Gasteiger partial charge on any atom is -0.302 e. The molecular weight excluding hydrogens is 587 g/mol. The summed E-state index contributed by atoms with van der Waals surface area (Å²) in [5.74, 6) is -0.311. The Morgan fingerprint density at radius 3 is 2.64 bits per heavy atom. The maximum Gasteiger partial charge on any atom is 0.416 e. The van der Waals surface area contributed by atoms with E-state index in [0.29, 0.717) is 50.8 Å². The molecule has 1 N–H and O–H groups in total. The van der Waals surface area contributed by atoms with Gasteiger partial charge in [0.25, 0.3) is 5.91 Å². The van der Waals surface area contributed by atoms with E-state index in [4.69, 9.17) is 23.8 Å². The average molecular weight is 610 g/mol. The first kappa shape index (κ1) is 29.3. The summed E-state index contributed by atoms with van der Waals surface area (Å²) in [6, 6.07) is 12.4. The molecule has 0 spiro atoms. The van der Waals surface area contributed by atoms with Crippen LogP contribution in [0.15, 0.2) is 59.6 Å². The van der Waals surface area contributed by atoms with Crippen molar-refractivity contribution < 1.29 is 22.8 Å². The number of rotatable bonds is 10. The molecule has 0 saturated carbocycles. The summed E-state index contributed by atoms with van der Waals surface area (Å²) in [4.78, 5) is 32.1. The number of thioether (sulfide) groups is 1. The van der Waals surface area contributed by atoms with Gasteiger partial charge in [0.15, 0.2) is 5.13 Å². The molecule has 2 aromatic carbocycles. The van der Waals surface area contributed by atoms with Gasteiger partial charge in [0, 0.05) is 35.5 Å². The van der Waals surface area contributed by atoms with Crippen molar-refractivity contribution in [2.75, 3.05) is 11.9 Å². The fourth-order valence-electron chi connectivity index (χ4n) is 3.82. The summed E-state index contributed by atoms with van der Waals surface area (Å²) in [6.45, 7) is 0.482. The number of carbonyl (C=O) groups is 2. The number of alkyl halides is 3. The van der Waals surface area contributed by atoms with E-state index >= 15 is 0 Å². The molecule has 0 radical (unpaired) electrons. The van der Waals surface area contributed by atoms with Crippen molar-refractivity contribution in [1.29, 1.82) is 0 Å². The number of benzene rings is 2. The SMILES string of the molecule is O=C(CCCCCN1C(=O)/C(=C/c2ccc(Cl)cc2)SC1=S)Nc1ncc(Cc2cccc(C(F)(F)F)c2)s1. The van der Waals surface area contributed by atoms with Crippen LogP contribution < -0.4 is 5.32 Å². The van der Waals surface area contributed by atoms with Crippen molar-refractivity contribution >= 4 is 74.3 Å². The van der Waals surface area contributed by atoms with Crippen LogP contribution in [0.3, 0.4) is 0 Å². The molecule has 0 bridgehead atoms. The zero-order valence-electron chi connectivity index (χ0n) is 20.5. The monoisotopic (exact) mass is 609 g/mol. The van der Waals surface area contributed by atoms with Crippen molar-refractivity contribution in [2.45, 2.75) is 38.3 Å². The van der Waals surface area contributed by atoms with Gasteiger partial charge in [-0.15, -0.1) is 11.3 Å². The molecule has 39 heavy (non-hydrogen) atoms. The molecule has 3 aromatic rings. The quantitative estimate of drug-likeness (QED) is 0.144. The van der Waals surface area contributed by atoms with Crippen molar-refractivity contribution in [3.8, 4) is 0 Å². The number of amides is 2. The predicted octanol–water partition coefficient (Wildman–Crippen LogP) is 7.81. The second kappa shape index (κ2) is 13.1. The van der Waals surface area contributed by atoms with Gasteiger partial charge in [0.2, 0.25) is 5.91 Å². The molecule has 1 saturated heterocycles. The van der Waals surface area contributed by atoms with Gasteiger partial charge in [-0.1, -0.05) is 72.3 Å². The maximum absolute atomic E-state index is 12.9. The van der Waals surface area contributed by atoms with Gasteiger partial charge in [-0.3, -0.25) is 14.5 Å². The average Bonchev–Trinajstić information content (AvgIpc) is 3.43. The van der Waals surface area contributed by atoms with Gasteiger partial charge in [-0.25, -0.2) is 4.98 Å². The zero-order valence-corrected chi connectivity index (χ0v) is 23.7. The molecule has 0 atom stereocenters. The molecule has 1 aliphatic rings. The molecule has 2 heterocycles. The molecule has 204 valence electrons. The third-order valence-electron chi connectivity index (χ3n) is 5.76. The summed E-state index contributed by atoms with van der Waals surface area (Å²) in [5, 5.41) is 3.78. The minimum atomic E-state index is -4.39. The summed E-state index contributed by atoms with van der Waals surface area (Å²) >= 11 is 13.8. The lowest BCUT2D eigenvalue weighted by Crippen LogP contribution is -2.29. The molecule has 4 rings (SSSR count). The van der Waals surface area contributed by atoms with Crippen molar-refractivity contribution in [3.05, 3.63) is 86.2 Å². The van der Waals surface area contributed by atoms with Crippen LogP contribution in [0.1, 0.15) is 47.3 Å². The molecule has 0 unspecified atom stereocenters. The molecule has 0 aliphatic carbocycles. The number of carbonyl (C=O) groups excluding carboxylic acids is 2. The number of anilines is 1. The van der Waals surface area contributed by atoms with Crippen LogP contribution in [-0.4, -0.2) is 32.6 Å². The Bertz CT molecular complexity index is 1390. The third kappa shape index (κ3) is 8.38. The van der Waals surface area contributed by atoms with Crippen molar-refractivity contribution in [3.63, 3.8) is 0 Å². The first-order chi connectivity index (χ1) is 18.6. The number of halogens is 4. The minimum absolute atomic E-state index is 0.123. The lowest BCUT2D eigenvalue weighted by molar-refractivity contribution is -0.137. The van der Waals surface area contributed by atoms with Crippen LogP contribution in [0.25, 0.3) is 6.08 Å². The van der Waals surface area contributed by atoms with E-state index in [-0.39, 0.29) is 18.2 Å². The number of aromatic nitrogens is 1. The van der Waals surface area contributed by atoms with Crippen molar-refractivity contribution in [1.82, 2.24) is 9.88 Å². The highest BCUT2D eigenvalue weighted by Gasteiger charge is 2.32. The Kier molecular flexibility index (Phi) is 9.81. The smallest absolute Gasteiger partial charge is 0.302 e. The van der Waals surface area contributed by atoms with E-state index in [9.17, 15) is 22.8 Å². The van der Waals surface area contributed by atoms with E-state index in [1.54, 1.807) is 35.4 Å². The van der Waals surface area contributed by atoms with Crippen LogP contribution >= 0.6 is 46.9 Å². The van der Waals surface area contributed by atoms with Crippen LogP contribution in [0.5, 0.6) is 0 Å². The Labute approximate surface area is 242 Å². The Hall–Kier alpha value is -2.73. The van der Waals surface area contributed by atoms with Gasteiger partial charge in [-0.05, 0) is 48.2 Å². The molecular formula is C27H23ClF3N3O2S3. The standard InChI is InChI=1S/C27H23ClF3N3O2S3/c28-20-10-8-17(9-11-20)15-22-24(36)34(26(37)39-22)12-3-1-2-7-23(35)33-25-32-16-21(38-25)14-18-5-4-6-19(13-18)27(29,30)31/h4-6,8-11,13,15-16H,1-3,7,12,14H2,(H,32,33,35)/b22-15-. The largest absolute Gasteiger partial charge is 0.416 e. The molecule has 12 heteroatoms. The summed E-state index contributed by atoms with van der Waals surface area (Å²) < 4.78 is 39.3. The summed E-state index contributed by atoms with van der Waals surface area (Å²) in [5.41, 5.74) is 0.699. The Morgan fingerprint density at radius 1 is 1.13 bits per heavy atom. The van der Waals surface area contributed by atoms with Crippen LogP contribution in [0.2, 0.25) is 5.02 Å². The van der Waals surface area contributed by atoms with Gasteiger partial charge >= 0.3 is 6.18 Å². The summed E-state index contributed by atoms with van der Waals surface area (Å²) in [6.07, 6.45) is 1.61. The normalized spacial score (nSPS) is 14.9. The number of unbranched alkanes of at least 4 members (excludes halogenated alkanes) is 2. The molecule has 1 aromatic heterocycles. The van der Waals surface area contributed by atoms with Gasteiger partial charge in [-0.2, -0.15) is 13.2 Å². The van der Waals surface area contributed by atoms with E-state index < -0.39 is 11.7 Å². The number of thiocarbonyl (C=S) groups is 1.